The number of phenols is 1. The molecule has 0 unspecified atom stereocenters. The van der Waals surface area contributed by atoms with Crippen molar-refractivity contribution in [2.45, 2.75) is 31.1 Å². The minimum atomic E-state index is -4.17. The molecule has 0 saturated carbocycles. The van der Waals surface area contributed by atoms with E-state index in [4.69, 9.17) is 9.47 Å². The van der Waals surface area contributed by atoms with E-state index in [1.807, 2.05) is 20.8 Å². The summed E-state index contributed by atoms with van der Waals surface area (Å²) in [5.74, 6) is -0.853. The quantitative estimate of drug-likeness (QED) is 0.286. The molecule has 0 saturated heterocycles. The van der Waals surface area contributed by atoms with Gasteiger partial charge in [0.15, 0.2) is 23.1 Å². The van der Waals surface area contributed by atoms with Crippen LogP contribution in [0.25, 0.3) is 11.6 Å². The third kappa shape index (κ3) is 6.15. The zero-order valence-electron chi connectivity index (χ0n) is 21.0. The first kappa shape index (κ1) is 26.8. The second-order valence-corrected chi connectivity index (χ2v) is 10.8. The van der Waals surface area contributed by atoms with Crippen molar-refractivity contribution in [1.82, 2.24) is 19.9 Å². The SMILES string of the molecule is CC(C)(C)c1ccc(S(=O)(=O)Nc2nc(-c3ncccn3)nc(OCCO)c2Oc2ccccc2O)cc1. The van der Waals surface area contributed by atoms with E-state index < -0.39 is 10.0 Å². The predicted octanol–water partition coefficient (Wildman–Crippen LogP) is 3.90. The lowest BCUT2D eigenvalue weighted by molar-refractivity contribution is 0.192. The number of hydrogen-bond donors (Lipinski definition) is 3. The van der Waals surface area contributed by atoms with E-state index in [1.165, 1.54) is 36.7 Å². The maximum atomic E-state index is 13.4. The smallest absolute Gasteiger partial charge is 0.263 e. The molecule has 2 aromatic heterocycles. The van der Waals surface area contributed by atoms with Crippen molar-refractivity contribution in [2.75, 3.05) is 17.9 Å². The molecule has 4 rings (SSSR count). The maximum Gasteiger partial charge on any atom is 0.263 e. The summed E-state index contributed by atoms with van der Waals surface area (Å²) in [5, 5.41) is 19.6. The Kier molecular flexibility index (Phi) is 7.74. The Bertz CT molecular complexity index is 1510. The molecule has 0 spiro atoms. The molecule has 38 heavy (non-hydrogen) atoms. The first-order valence-electron chi connectivity index (χ1n) is 11.6. The molecule has 0 fully saturated rings. The van der Waals surface area contributed by atoms with Crippen molar-refractivity contribution in [2.24, 2.45) is 0 Å². The first-order valence-corrected chi connectivity index (χ1v) is 13.1. The van der Waals surface area contributed by atoms with E-state index in [0.29, 0.717) is 0 Å². The van der Waals surface area contributed by atoms with Gasteiger partial charge in [0, 0.05) is 12.4 Å². The molecule has 0 bridgehead atoms. The lowest BCUT2D eigenvalue weighted by atomic mass is 9.87. The lowest BCUT2D eigenvalue weighted by Gasteiger charge is -2.19. The number of aliphatic hydroxyl groups excluding tert-OH is 1. The summed E-state index contributed by atoms with van der Waals surface area (Å²) in [6.07, 6.45) is 2.96. The van der Waals surface area contributed by atoms with Gasteiger partial charge in [-0.15, -0.1) is 0 Å². The fraction of sp³-hybridized carbons (Fsp3) is 0.231. The summed E-state index contributed by atoms with van der Waals surface area (Å²) in [5.41, 5.74) is 0.801. The zero-order chi connectivity index (χ0) is 27.3. The number of aromatic nitrogens is 4. The highest BCUT2D eigenvalue weighted by atomic mass is 32.2. The number of para-hydroxylation sites is 2. The number of nitrogens with zero attached hydrogens (tertiary/aromatic N) is 4. The molecule has 11 nitrogen and oxygen atoms in total. The highest BCUT2D eigenvalue weighted by Crippen LogP contribution is 2.41. The van der Waals surface area contributed by atoms with E-state index in [9.17, 15) is 18.6 Å². The topological polar surface area (TPSA) is 157 Å². The summed E-state index contributed by atoms with van der Waals surface area (Å²) in [6.45, 7) is 5.56. The maximum absolute atomic E-state index is 13.4. The van der Waals surface area contributed by atoms with E-state index in [0.717, 1.165) is 5.56 Å². The van der Waals surface area contributed by atoms with Crippen LogP contribution in [0.4, 0.5) is 5.82 Å². The molecule has 198 valence electrons. The van der Waals surface area contributed by atoms with Crippen molar-refractivity contribution >= 4 is 15.8 Å². The van der Waals surface area contributed by atoms with Crippen LogP contribution in [-0.2, 0) is 15.4 Å². The van der Waals surface area contributed by atoms with Gasteiger partial charge in [-0.1, -0.05) is 45.0 Å². The molecule has 0 aliphatic carbocycles. The third-order valence-corrected chi connectivity index (χ3v) is 6.62. The standard InChI is InChI=1S/C26H27N5O6S/c1-26(2,3)17-9-11-18(12-10-17)38(34,35)31-22-21(37-20-8-5-4-7-19(20)33)25(36-16-15-32)30-24(29-22)23-27-13-6-14-28-23/h4-14,32-33H,15-16H2,1-3H3,(H,29,30,31). The first-order chi connectivity index (χ1) is 18.1. The minimum absolute atomic E-state index is 0.00337. The number of nitrogens with one attached hydrogen (secondary N) is 1. The highest BCUT2D eigenvalue weighted by Gasteiger charge is 2.26. The predicted molar refractivity (Wildman–Crippen MR) is 140 cm³/mol. The van der Waals surface area contributed by atoms with Crippen LogP contribution in [-0.4, -0.2) is 51.8 Å². The Morgan fingerprint density at radius 2 is 1.61 bits per heavy atom. The van der Waals surface area contributed by atoms with Gasteiger partial charge in [-0.3, -0.25) is 4.72 Å². The molecular formula is C26H27N5O6S. The number of aliphatic hydroxyl groups is 1. The van der Waals surface area contributed by atoms with Gasteiger partial charge in [0.1, 0.15) is 6.61 Å². The van der Waals surface area contributed by atoms with Gasteiger partial charge in [-0.2, -0.15) is 4.98 Å². The summed E-state index contributed by atoms with van der Waals surface area (Å²) in [7, 11) is -4.17. The van der Waals surface area contributed by atoms with E-state index in [1.54, 1.807) is 30.3 Å². The molecule has 3 N–H and O–H groups in total. The van der Waals surface area contributed by atoms with Crippen LogP contribution < -0.4 is 14.2 Å². The van der Waals surface area contributed by atoms with E-state index in [2.05, 4.69) is 24.7 Å². The van der Waals surface area contributed by atoms with Crippen LogP contribution in [0.3, 0.4) is 0 Å². The average molecular weight is 538 g/mol. The number of phenolic OH excluding ortho intramolecular Hbond substituents is 1. The van der Waals surface area contributed by atoms with Crippen molar-refractivity contribution in [1.29, 1.82) is 0 Å². The Hall–Kier alpha value is -4.29. The normalized spacial score (nSPS) is 11.7. The van der Waals surface area contributed by atoms with E-state index in [-0.39, 0.29) is 64.1 Å². The van der Waals surface area contributed by atoms with Crippen LogP contribution in [0.5, 0.6) is 23.1 Å². The van der Waals surface area contributed by atoms with Gasteiger partial charge in [-0.05, 0) is 41.3 Å². The van der Waals surface area contributed by atoms with Crippen LogP contribution in [0.15, 0.2) is 71.9 Å². The molecule has 2 aromatic carbocycles. The van der Waals surface area contributed by atoms with Crippen molar-refractivity contribution in [3.8, 4) is 34.8 Å². The van der Waals surface area contributed by atoms with Crippen LogP contribution in [0.1, 0.15) is 26.3 Å². The highest BCUT2D eigenvalue weighted by molar-refractivity contribution is 7.92. The molecule has 0 aliphatic rings. The monoisotopic (exact) mass is 537 g/mol. The number of rotatable bonds is 9. The molecule has 0 aliphatic heterocycles. The Balaban J connectivity index is 1.84. The van der Waals surface area contributed by atoms with Crippen molar-refractivity contribution in [3.63, 3.8) is 0 Å². The van der Waals surface area contributed by atoms with Gasteiger partial charge >= 0.3 is 0 Å². The largest absolute Gasteiger partial charge is 0.504 e. The van der Waals surface area contributed by atoms with E-state index >= 15 is 0 Å². The number of aromatic hydroxyl groups is 1. The molecule has 0 atom stereocenters. The Morgan fingerprint density at radius 1 is 0.921 bits per heavy atom. The summed E-state index contributed by atoms with van der Waals surface area (Å²) in [4.78, 5) is 16.9. The lowest BCUT2D eigenvalue weighted by Crippen LogP contribution is -2.17. The zero-order valence-corrected chi connectivity index (χ0v) is 21.8. The van der Waals surface area contributed by atoms with Gasteiger partial charge in [0.25, 0.3) is 15.9 Å². The number of benzene rings is 2. The van der Waals surface area contributed by atoms with Gasteiger partial charge in [-0.25, -0.2) is 23.4 Å². The molecule has 12 heteroatoms. The molecular weight excluding hydrogens is 510 g/mol. The van der Waals surface area contributed by atoms with Crippen LogP contribution >= 0.6 is 0 Å². The van der Waals surface area contributed by atoms with Crippen LogP contribution in [0, 0.1) is 0 Å². The fourth-order valence-corrected chi connectivity index (χ4v) is 4.32. The summed E-state index contributed by atoms with van der Waals surface area (Å²) >= 11 is 0. The minimum Gasteiger partial charge on any atom is -0.504 e. The summed E-state index contributed by atoms with van der Waals surface area (Å²) < 4.78 is 40.7. The summed E-state index contributed by atoms with van der Waals surface area (Å²) in [6, 6.07) is 14.2. The number of hydrogen-bond acceptors (Lipinski definition) is 10. The van der Waals surface area contributed by atoms with Crippen LogP contribution in [0.2, 0.25) is 0 Å². The number of sulfonamides is 1. The molecule has 4 aromatic rings. The molecule has 0 radical (unpaired) electrons. The van der Waals surface area contributed by atoms with Gasteiger partial charge < -0.3 is 19.7 Å². The second-order valence-electron chi connectivity index (χ2n) is 9.12. The fourth-order valence-electron chi connectivity index (χ4n) is 3.32. The molecule has 0 amide bonds. The second kappa shape index (κ2) is 11.0. The molecule has 2 heterocycles. The van der Waals surface area contributed by atoms with Crippen molar-refractivity contribution < 1.29 is 28.1 Å². The third-order valence-electron chi connectivity index (χ3n) is 5.27. The average Bonchev–Trinajstić information content (AvgIpc) is 2.89. The van der Waals surface area contributed by atoms with Gasteiger partial charge in [0.05, 0.1) is 11.5 Å². The Morgan fingerprint density at radius 3 is 2.24 bits per heavy atom. The number of anilines is 1. The Labute approximate surface area is 220 Å². The van der Waals surface area contributed by atoms with Crippen molar-refractivity contribution in [3.05, 3.63) is 72.6 Å². The van der Waals surface area contributed by atoms with Gasteiger partial charge in [0.2, 0.25) is 11.6 Å². The number of ether oxygens (including phenoxy) is 2.